The van der Waals surface area contributed by atoms with Crippen LogP contribution in [0.5, 0.6) is 0 Å². The molecule has 18 heavy (non-hydrogen) atoms. The fraction of sp³-hybridized carbons (Fsp3) is 0.429. The molecule has 0 radical (unpaired) electrons. The molecule has 0 spiro atoms. The Labute approximate surface area is 112 Å². The molecule has 0 atom stereocenters. The quantitative estimate of drug-likeness (QED) is 0.891. The van der Waals surface area contributed by atoms with Crippen LogP contribution in [-0.4, -0.2) is 18.2 Å². The highest BCUT2D eigenvalue weighted by Gasteiger charge is 2.15. The van der Waals surface area contributed by atoms with Gasteiger partial charge in [0.2, 0.25) is 5.91 Å². The second-order valence-electron chi connectivity index (χ2n) is 4.51. The molecule has 1 amide bonds. The van der Waals surface area contributed by atoms with E-state index in [4.69, 9.17) is 11.6 Å². The maximum Gasteiger partial charge on any atom is 0.226 e. The van der Waals surface area contributed by atoms with Gasteiger partial charge in [0.25, 0.3) is 0 Å². The first-order valence-corrected chi connectivity index (χ1v) is 6.68. The zero-order chi connectivity index (χ0) is 13.0. The van der Waals surface area contributed by atoms with Crippen LogP contribution in [0, 0.1) is 0 Å². The molecule has 1 aromatic carbocycles. The van der Waals surface area contributed by atoms with Crippen LogP contribution < -0.4 is 5.32 Å². The third-order valence-corrected chi connectivity index (χ3v) is 3.33. The minimum atomic E-state index is 0.0411. The molecule has 4 heteroatoms. The lowest BCUT2D eigenvalue weighted by Gasteiger charge is -2.04. The normalized spacial score (nSPS) is 17.2. The molecule has 1 heterocycles. The van der Waals surface area contributed by atoms with Crippen molar-refractivity contribution in [1.82, 2.24) is 5.32 Å². The van der Waals surface area contributed by atoms with Gasteiger partial charge in [-0.25, -0.2) is 0 Å². The summed E-state index contributed by atoms with van der Waals surface area (Å²) in [5, 5.41) is 3.51. The number of amides is 1. The Morgan fingerprint density at radius 2 is 2.28 bits per heavy atom. The van der Waals surface area contributed by atoms with Crippen LogP contribution in [0.2, 0.25) is 5.02 Å². The van der Waals surface area contributed by atoms with Crippen LogP contribution in [-0.2, 0) is 11.2 Å². The molecule has 1 saturated heterocycles. The first-order valence-electron chi connectivity index (χ1n) is 6.30. The van der Waals surface area contributed by atoms with Crippen molar-refractivity contribution in [2.75, 3.05) is 6.54 Å². The number of aliphatic imine (C=N–C) groups is 1. The number of hydrogen-bond donors (Lipinski definition) is 1. The number of halogens is 1. The highest BCUT2D eigenvalue weighted by molar-refractivity contribution is 6.31. The zero-order valence-electron chi connectivity index (χ0n) is 10.5. The smallest absolute Gasteiger partial charge is 0.226 e. The average molecular weight is 265 g/mol. The molecule has 0 aromatic heterocycles. The molecule has 0 saturated carbocycles. The predicted molar refractivity (Wildman–Crippen MR) is 74.8 cm³/mol. The Kier molecular flexibility index (Phi) is 4.37. The van der Waals surface area contributed by atoms with E-state index in [9.17, 15) is 4.79 Å². The fourth-order valence-electron chi connectivity index (χ4n) is 1.95. The molecule has 2 rings (SSSR count). The van der Waals surface area contributed by atoms with Gasteiger partial charge in [-0.3, -0.25) is 9.79 Å². The van der Waals surface area contributed by atoms with E-state index in [1.807, 2.05) is 18.2 Å². The van der Waals surface area contributed by atoms with Crippen molar-refractivity contribution in [3.63, 3.8) is 0 Å². The van der Waals surface area contributed by atoms with Gasteiger partial charge in [-0.05, 0) is 30.5 Å². The molecule has 1 aliphatic rings. The molecule has 3 nitrogen and oxygen atoms in total. The third-order valence-electron chi connectivity index (χ3n) is 2.98. The van der Waals surface area contributed by atoms with Gasteiger partial charge < -0.3 is 5.32 Å². The lowest BCUT2D eigenvalue weighted by Crippen LogP contribution is -2.13. The van der Waals surface area contributed by atoms with Crippen molar-refractivity contribution in [2.45, 2.75) is 32.6 Å². The first-order chi connectivity index (χ1) is 8.69. The van der Waals surface area contributed by atoms with Gasteiger partial charge >= 0.3 is 0 Å². The second kappa shape index (κ2) is 6.01. The number of aryl methyl sites for hydroxylation is 1. The largest absolute Gasteiger partial charge is 0.350 e. The molecule has 0 bridgehead atoms. The monoisotopic (exact) mass is 264 g/mol. The number of nitrogens with zero attached hydrogens (tertiary/aromatic N) is 1. The maximum absolute atomic E-state index is 11.1. The van der Waals surface area contributed by atoms with Gasteiger partial charge in [0.15, 0.2) is 0 Å². The summed E-state index contributed by atoms with van der Waals surface area (Å²) in [5.74, 6) is 0.0411. The summed E-state index contributed by atoms with van der Waals surface area (Å²) < 4.78 is 0. The highest BCUT2D eigenvalue weighted by atomic mass is 35.5. The zero-order valence-corrected chi connectivity index (χ0v) is 11.3. The van der Waals surface area contributed by atoms with Crippen molar-refractivity contribution >= 4 is 28.9 Å². The van der Waals surface area contributed by atoms with Gasteiger partial charge in [0.05, 0.1) is 18.7 Å². The van der Waals surface area contributed by atoms with E-state index in [2.05, 4.69) is 17.2 Å². The van der Waals surface area contributed by atoms with Crippen LogP contribution in [0.25, 0.3) is 0 Å². The van der Waals surface area contributed by atoms with Crippen molar-refractivity contribution in [3.8, 4) is 0 Å². The summed E-state index contributed by atoms with van der Waals surface area (Å²) in [7, 11) is 0. The van der Waals surface area contributed by atoms with Crippen molar-refractivity contribution in [2.24, 2.45) is 4.99 Å². The van der Waals surface area contributed by atoms with Crippen LogP contribution in [0.1, 0.15) is 31.7 Å². The van der Waals surface area contributed by atoms with Crippen LogP contribution in [0.3, 0.4) is 0 Å². The summed E-state index contributed by atoms with van der Waals surface area (Å²) in [6, 6.07) is 5.87. The van der Waals surface area contributed by atoms with Gasteiger partial charge in [-0.15, -0.1) is 0 Å². The number of carbonyl (C=O) groups excluding carboxylic acids is 1. The number of nitrogens with one attached hydrogen (secondary N) is 1. The number of carbonyl (C=O) groups is 1. The van der Waals surface area contributed by atoms with E-state index in [1.54, 1.807) is 0 Å². The van der Waals surface area contributed by atoms with Crippen LogP contribution >= 0.6 is 11.6 Å². The van der Waals surface area contributed by atoms with Gasteiger partial charge in [-0.1, -0.05) is 31.0 Å². The summed E-state index contributed by atoms with van der Waals surface area (Å²) in [6.07, 6.45) is 3.71. The van der Waals surface area contributed by atoms with Crippen molar-refractivity contribution in [3.05, 3.63) is 28.8 Å². The lowest BCUT2D eigenvalue weighted by molar-refractivity contribution is -0.118. The van der Waals surface area contributed by atoms with Crippen LogP contribution in [0.4, 0.5) is 5.69 Å². The molecular formula is C14H17ClN2O. The van der Waals surface area contributed by atoms with E-state index < -0.39 is 0 Å². The Morgan fingerprint density at radius 1 is 1.44 bits per heavy atom. The SMILES string of the molecule is CCCCc1ccc(N=C2CNC(=O)C2)cc1Cl. The number of rotatable bonds is 4. The topological polar surface area (TPSA) is 41.5 Å². The van der Waals surface area contributed by atoms with E-state index in [0.29, 0.717) is 13.0 Å². The van der Waals surface area contributed by atoms with E-state index in [1.165, 1.54) is 5.56 Å². The van der Waals surface area contributed by atoms with Crippen LogP contribution in [0.15, 0.2) is 23.2 Å². The summed E-state index contributed by atoms with van der Waals surface area (Å²) in [6.45, 7) is 2.71. The molecule has 1 aromatic rings. The van der Waals surface area contributed by atoms with Crippen molar-refractivity contribution < 1.29 is 4.79 Å². The summed E-state index contributed by atoms with van der Waals surface area (Å²) in [5.41, 5.74) is 2.87. The Balaban J connectivity index is 2.11. The Hall–Kier alpha value is -1.35. The van der Waals surface area contributed by atoms with Gasteiger partial charge in [0, 0.05) is 10.7 Å². The molecule has 1 N–H and O–H groups in total. The summed E-state index contributed by atoms with van der Waals surface area (Å²) >= 11 is 6.23. The predicted octanol–water partition coefficient (Wildman–Crippen LogP) is 3.28. The Bertz CT molecular complexity index is 483. The third kappa shape index (κ3) is 3.33. The van der Waals surface area contributed by atoms with Crippen molar-refractivity contribution in [1.29, 1.82) is 0 Å². The van der Waals surface area contributed by atoms with E-state index in [-0.39, 0.29) is 5.91 Å². The average Bonchev–Trinajstić information content (AvgIpc) is 2.74. The fourth-order valence-corrected chi connectivity index (χ4v) is 2.22. The Morgan fingerprint density at radius 3 is 2.89 bits per heavy atom. The number of hydrogen-bond acceptors (Lipinski definition) is 2. The highest BCUT2D eigenvalue weighted by Crippen LogP contribution is 2.24. The molecular weight excluding hydrogens is 248 g/mol. The minimum absolute atomic E-state index is 0.0411. The molecule has 96 valence electrons. The minimum Gasteiger partial charge on any atom is -0.350 e. The number of benzene rings is 1. The van der Waals surface area contributed by atoms with E-state index in [0.717, 1.165) is 35.7 Å². The molecule has 0 aliphatic carbocycles. The molecule has 0 unspecified atom stereocenters. The lowest BCUT2D eigenvalue weighted by atomic mass is 10.1. The maximum atomic E-state index is 11.1. The van der Waals surface area contributed by atoms with E-state index >= 15 is 0 Å². The first kappa shape index (κ1) is 13.1. The molecule has 1 fully saturated rings. The van der Waals surface area contributed by atoms with Gasteiger partial charge in [-0.2, -0.15) is 0 Å². The molecule has 1 aliphatic heterocycles. The number of unbranched alkanes of at least 4 members (excludes halogenated alkanes) is 1. The standard InChI is InChI=1S/C14H17ClN2O/c1-2-3-4-10-5-6-11(7-13(10)15)17-12-8-14(18)16-9-12/h5-7H,2-4,8-9H2,1H3,(H,16,18). The second-order valence-corrected chi connectivity index (χ2v) is 4.92. The van der Waals surface area contributed by atoms with Gasteiger partial charge in [0.1, 0.15) is 0 Å². The summed E-state index contributed by atoms with van der Waals surface area (Å²) in [4.78, 5) is 15.5.